The minimum absolute atomic E-state index is 0.0805. The number of benzene rings is 1. The van der Waals surface area contributed by atoms with Crippen LogP contribution in [0.1, 0.15) is 43.4 Å². The summed E-state index contributed by atoms with van der Waals surface area (Å²) in [5.74, 6) is -0.221. The van der Waals surface area contributed by atoms with Crippen LogP contribution in [-0.4, -0.2) is 28.8 Å². The molecule has 2 fully saturated rings. The molecule has 0 unspecified atom stereocenters. The summed E-state index contributed by atoms with van der Waals surface area (Å²) in [4.78, 5) is 38.7. The second-order valence-corrected chi connectivity index (χ2v) is 8.30. The van der Waals surface area contributed by atoms with E-state index in [1.165, 1.54) is 11.0 Å². The summed E-state index contributed by atoms with van der Waals surface area (Å²) in [7, 11) is 0. The van der Waals surface area contributed by atoms with Gasteiger partial charge in [-0.05, 0) is 55.7 Å². The number of carbonyl (C=O) groups excluding carboxylic acids is 3. The molecule has 150 valence electrons. The Morgan fingerprint density at radius 3 is 2.59 bits per heavy atom. The Morgan fingerprint density at radius 2 is 1.86 bits per heavy atom. The predicted molar refractivity (Wildman–Crippen MR) is 112 cm³/mol. The van der Waals surface area contributed by atoms with E-state index in [0.29, 0.717) is 11.5 Å². The minimum atomic E-state index is -0.690. The molecule has 1 aliphatic carbocycles. The first kappa shape index (κ1) is 19.6. The lowest BCUT2D eigenvalue weighted by Crippen LogP contribution is -2.58. The molecule has 1 aliphatic heterocycles. The molecule has 0 spiro atoms. The smallest absolute Gasteiger partial charge is 0.331 e. The summed E-state index contributed by atoms with van der Waals surface area (Å²) in [6.45, 7) is 1.99. The highest BCUT2D eigenvalue weighted by Gasteiger charge is 2.40. The third kappa shape index (κ3) is 3.92. The maximum absolute atomic E-state index is 12.9. The van der Waals surface area contributed by atoms with Gasteiger partial charge in [-0.3, -0.25) is 19.8 Å². The average molecular weight is 457 g/mol. The first-order valence-electron chi connectivity index (χ1n) is 9.71. The van der Waals surface area contributed by atoms with Crippen molar-refractivity contribution in [1.29, 1.82) is 0 Å². The van der Waals surface area contributed by atoms with Crippen molar-refractivity contribution in [3.8, 4) is 11.3 Å². The van der Waals surface area contributed by atoms with Gasteiger partial charge in [-0.15, -0.1) is 0 Å². The van der Waals surface area contributed by atoms with E-state index in [0.717, 1.165) is 47.7 Å². The van der Waals surface area contributed by atoms with Crippen LogP contribution in [0.3, 0.4) is 0 Å². The van der Waals surface area contributed by atoms with Crippen molar-refractivity contribution in [2.45, 2.75) is 45.1 Å². The van der Waals surface area contributed by atoms with Crippen LogP contribution in [0.25, 0.3) is 17.4 Å². The Bertz CT molecular complexity index is 1020. The predicted octanol–water partition coefficient (Wildman–Crippen LogP) is 4.81. The number of carbonyl (C=O) groups is 3. The summed E-state index contributed by atoms with van der Waals surface area (Å²) >= 11 is 3.48. The maximum Gasteiger partial charge on any atom is 0.331 e. The topological polar surface area (TPSA) is 79.6 Å². The fraction of sp³-hybridized carbons (Fsp3) is 0.318. The zero-order chi connectivity index (χ0) is 20.5. The first-order chi connectivity index (χ1) is 13.9. The number of furan rings is 1. The fourth-order valence-electron chi connectivity index (χ4n) is 3.87. The molecular formula is C22H21BrN2O4. The molecule has 1 aromatic heterocycles. The average Bonchev–Trinajstić information content (AvgIpc) is 3.17. The van der Waals surface area contributed by atoms with E-state index < -0.39 is 17.8 Å². The molecule has 2 heterocycles. The van der Waals surface area contributed by atoms with E-state index in [1.807, 2.05) is 25.1 Å². The summed E-state index contributed by atoms with van der Waals surface area (Å²) in [6, 6.07) is 8.57. The van der Waals surface area contributed by atoms with Gasteiger partial charge in [-0.1, -0.05) is 41.3 Å². The number of nitrogens with zero attached hydrogens (tertiary/aromatic N) is 1. The summed E-state index contributed by atoms with van der Waals surface area (Å²) < 4.78 is 6.85. The lowest BCUT2D eigenvalue weighted by molar-refractivity contribution is -0.132. The molecule has 29 heavy (non-hydrogen) atoms. The van der Waals surface area contributed by atoms with Crippen LogP contribution in [0, 0.1) is 6.92 Å². The van der Waals surface area contributed by atoms with E-state index >= 15 is 0 Å². The third-order valence-corrected chi connectivity index (χ3v) is 6.32. The lowest BCUT2D eigenvalue weighted by atomic mass is 9.93. The third-order valence-electron chi connectivity index (χ3n) is 5.43. The SMILES string of the molecule is Cc1cc(-c2ccc(/C=C3/C(=O)NC(=O)N(C4CCCCC4)C3=O)o2)ccc1Br. The number of aryl methyl sites for hydroxylation is 1. The van der Waals surface area contributed by atoms with Crippen molar-refractivity contribution >= 4 is 39.9 Å². The van der Waals surface area contributed by atoms with Crippen LogP contribution < -0.4 is 5.32 Å². The Balaban J connectivity index is 1.61. The standard InChI is InChI=1S/C22H21BrN2O4/c1-13-11-14(7-9-18(13)23)19-10-8-16(29-19)12-17-20(26)24-22(28)25(21(17)27)15-5-3-2-4-6-15/h7-12,15H,2-6H2,1H3,(H,24,26,28)/b17-12-. The molecule has 4 amide bonds. The van der Waals surface area contributed by atoms with Gasteiger partial charge in [-0.2, -0.15) is 0 Å². The highest BCUT2D eigenvalue weighted by molar-refractivity contribution is 9.10. The number of nitrogens with one attached hydrogen (secondary N) is 1. The van der Waals surface area contributed by atoms with Gasteiger partial charge in [0.15, 0.2) is 0 Å². The summed E-state index contributed by atoms with van der Waals surface area (Å²) in [5.41, 5.74) is 1.89. The number of imide groups is 2. The van der Waals surface area contributed by atoms with Gasteiger partial charge < -0.3 is 4.42 Å². The summed E-state index contributed by atoms with van der Waals surface area (Å²) in [5, 5.41) is 2.29. The van der Waals surface area contributed by atoms with Gasteiger partial charge in [-0.25, -0.2) is 4.79 Å². The quantitative estimate of drug-likeness (QED) is 0.530. The Kier molecular flexibility index (Phi) is 5.41. The first-order valence-corrected chi connectivity index (χ1v) is 10.5. The van der Waals surface area contributed by atoms with Crippen LogP contribution in [0.4, 0.5) is 4.79 Å². The number of hydrogen-bond acceptors (Lipinski definition) is 4. The Hall–Kier alpha value is -2.67. The molecule has 0 bridgehead atoms. The van der Waals surface area contributed by atoms with Crippen molar-refractivity contribution < 1.29 is 18.8 Å². The Morgan fingerprint density at radius 1 is 1.10 bits per heavy atom. The second-order valence-electron chi connectivity index (χ2n) is 7.45. The van der Waals surface area contributed by atoms with Crippen LogP contribution in [-0.2, 0) is 9.59 Å². The van der Waals surface area contributed by atoms with Crippen molar-refractivity contribution in [3.63, 3.8) is 0 Å². The van der Waals surface area contributed by atoms with Crippen LogP contribution in [0.15, 0.2) is 44.8 Å². The van der Waals surface area contributed by atoms with Gasteiger partial charge in [0.2, 0.25) is 0 Å². The van der Waals surface area contributed by atoms with Gasteiger partial charge >= 0.3 is 6.03 Å². The molecule has 6 nitrogen and oxygen atoms in total. The highest BCUT2D eigenvalue weighted by atomic mass is 79.9. The van der Waals surface area contributed by atoms with Crippen molar-refractivity contribution in [2.75, 3.05) is 0 Å². The van der Waals surface area contributed by atoms with E-state index in [-0.39, 0.29) is 11.6 Å². The maximum atomic E-state index is 12.9. The number of rotatable bonds is 3. The monoisotopic (exact) mass is 456 g/mol. The van der Waals surface area contributed by atoms with E-state index in [1.54, 1.807) is 12.1 Å². The van der Waals surface area contributed by atoms with Crippen molar-refractivity contribution in [3.05, 3.63) is 51.7 Å². The van der Waals surface area contributed by atoms with Gasteiger partial charge in [0, 0.05) is 16.1 Å². The largest absolute Gasteiger partial charge is 0.457 e. The van der Waals surface area contributed by atoms with Crippen LogP contribution >= 0.6 is 15.9 Å². The Labute approximate surface area is 177 Å². The van der Waals surface area contributed by atoms with E-state index in [2.05, 4.69) is 21.2 Å². The molecular weight excluding hydrogens is 436 g/mol. The van der Waals surface area contributed by atoms with Gasteiger partial charge in [0.05, 0.1) is 0 Å². The van der Waals surface area contributed by atoms with Gasteiger partial charge in [0.1, 0.15) is 17.1 Å². The van der Waals surface area contributed by atoms with Crippen LogP contribution in [0.5, 0.6) is 0 Å². The molecule has 7 heteroatoms. The fourth-order valence-corrected chi connectivity index (χ4v) is 4.11. The molecule has 0 radical (unpaired) electrons. The number of urea groups is 1. The molecule has 1 aromatic carbocycles. The van der Waals surface area contributed by atoms with Crippen molar-refractivity contribution in [2.24, 2.45) is 0 Å². The lowest BCUT2D eigenvalue weighted by Gasteiger charge is -2.35. The molecule has 2 aliphatic rings. The zero-order valence-corrected chi connectivity index (χ0v) is 17.6. The molecule has 4 rings (SSSR count). The van der Waals surface area contributed by atoms with Crippen LogP contribution in [0.2, 0.25) is 0 Å². The normalized spacial score (nSPS) is 19.7. The van der Waals surface area contributed by atoms with Crippen molar-refractivity contribution in [1.82, 2.24) is 10.2 Å². The number of hydrogen-bond donors (Lipinski definition) is 1. The number of barbiturate groups is 1. The molecule has 1 N–H and O–H groups in total. The molecule has 1 saturated heterocycles. The van der Waals surface area contributed by atoms with Gasteiger partial charge in [0.25, 0.3) is 11.8 Å². The van der Waals surface area contributed by atoms with E-state index in [9.17, 15) is 14.4 Å². The molecule has 1 saturated carbocycles. The summed E-state index contributed by atoms with van der Waals surface area (Å²) in [6.07, 6.45) is 6.01. The highest BCUT2D eigenvalue weighted by Crippen LogP contribution is 2.29. The molecule has 2 aromatic rings. The zero-order valence-electron chi connectivity index (χ0n) is 16.0. The number of amides is 4. The second kappa shape index (κ2) is 7.99. The van der Waals surface area contributed by atoms with E-state index in [4.69, 9.17) is 4.42 Å². The molecule has 0 atom stereocenters. The minimum Gasteiger partial charge on any atom is -0.457 e. The number of halogens is 1.